The third kappa shape index (κ3) is 3.98. The number of halogens is 2. The minimum Gasteiger partial charge on any atom is -0.294 e. The Balaban J connectivity index is 2.86. The van der Waals surface area contributed by atoms with E-state index < -0.39 is 0 Å². The number of carbonyl (C=O) groups is 1. The molecule has 0 aliphatic heterocycles. The van der Waals surface area contributed by atoms with Gasteiger partial charge >= 0.3 is 0 Å². The van der Waals surface area contributed by atoms with Crippen molar-refractivity contribution in [2.45, 2.75) is 26.8 Å². The lowest BCUT2D eigenvalue weighted by atomic mass is 10.1. The summed E-state index contributed by atoms with van der Waals surface area (Å²) in [4.78, 5) is 14.2. The molecule has 17 heavy (non-hydrogen) atoms. The van der Waals surface area contributed by atoms with E-state index in [-0.39, 0.29) is 5.78 Å². The summed E-state index contributed by atoms with van der Waals surface area (Å²) in [6, 6.07) is 5.30. The Morgan fingerprint density at radius 2 is 2.00 bits per heavy atom. The molecular weight excluding hydrogens is 257 g/mol. The van der Waals surface area contributed by atoms with Gasteiger partial charge in [0.15, 0.2) is 5.78 Å². The first-order valence-corrected chi connectivity index (χ1v) is 6.43. The topological polar surface area (TPSA) is 20.3 Å². The molecule has 0 aliphatic rings. The highest BCUT2D eigenvalue weighted by Crippen LogP contribution is 2.21. The molecule has 0 N–H and O–H groups in total. The number of rotatable bonds is 5. The van der Waals surface area contributed by atoms with E-state index in [1.807, 2.05) is 6.92 Å². The van der Waals surface area contributed by atoms with E-state index in [2.05, 4.69) is 18.7 Å². The zero-order valence-electron chi connectivity index (χ0n) is 10.3. The Morgan fingerprint density at radius 3 is 2.53 bits per heavy atom. The number of hydrogen-bond donors (Lipinski definition) is 0. The highest BCUT2D eigenvalue weighted by molar-refractivity contribution is 6.36. The van der Waals surface area contributed by atoms with E-state index in [1.54, 1.807) is 18.2 Å². The smallest absolute Gasteiger partial charge is 0.178 e. The average Bonchev–Trinajstić information content (AvgIpc) is 2.28. The van der Waals surface area contributed by atoms with Gasteiger partial charge in [-0.3, -0.25) is 9.69 Å². The van der Waals surface area contributed by atoms with E-state index in [0.717, 1.165) is 6.54 Å². The van der Waals surface area contributed by atoms with Gasteiger partial charge in [0.05, 0.1) is 11.6 Å². The van der Waals surface area contributed by atoms with Crippen molar-refractivity contribution in [1.29, 1.82) is 0 Å². The summed E-state index contributed by atoms with van der Waals surface area (Å²) >= 11 is 11.9. The second kappa shape index (κ2) is 6.39. The van der Waals surface area contributed by atoms with Crippen molar-refractivity contribution in [3.63, 3.8) is 0 Å². The average molecular weight is 274 g/mol. The molecule has 0 saturated heterocycles. The lowest BCUT2D eigenvalue weighted by Crippen LogP contribution is -2.35. The van der Waals surface area contributed by atoms with Gasteiger partial charge in [-0.25, -0.2) is 0 Å². The van der Waals surface area contributed by atoms with Gasteiger partial charge in [0.25, 0.3) is 0 Å². The van der Waals surface area contributed by atoms with Crippen LogP contribution in [0, 0.1) is 0 Å². The maximum Gasteiger partial charge on any atom is 0.178 e. The SMILES string of the molecule is CCN(CC(=O)c1cc(Cl)ccc1Cl)C(C)C. The molecule has 0 heterocycles. The van der Waals surface area contributed by atoms with Gasteiger partial charge in [-0.1, -0.05) is 30.1 Å². The first kappa shape index (κ1) is 14.5. The van der Waals surface area contributed by atoms with Crippen molar-refractivity contribution in [2.24, 2.45) is 0 Å². The van der Waals surface area contributed by atoms with Crippen LogP contribution in [0.25, 0.3) is 0 Å². The largest absolute Gasteiger partial charge is 0.294 e. The lowest BCUT2D eigenvalue weighted by Gasteiger charge is -2.23. The number of Topliss-reactive ketones (excluding diaryl/α,β-unsaturated/α-hetero) is 1. The van der Waals surface area contributed by atoms with E-state index in [9.17, 15) is 4.79 Å². The standard InChI is InChI=1S/C13H17Cl2NO/c1-4-16(9(2)3)8-13(17)11-7-10(14)5-6-12(11)15/h5-7,9H,4,8H2,1-3H3. The Bertz CT molecular complexity index is 404. The molecule has 1 aromatic carbocycles. The number of hydrogen-bond acceptors (Lipinski definition) is 2. The summed E-state index contributed by atoms with van der Waals surface area (Å²) in [6.45, 7) is 7.37. The molecule has 0 saturated carbocycles. The molecule has 94 valence electrons. The van der Waals surface area contributed by atoms with Gasteiger partial charge in [-0.05, 0) is 38.6 Å². The summed E-state index contributed by atoms with van der Waals surface area (Å²) in [5, 5.41) is 0.990. The van der Waals surface area contributed by atoms with E-state index in [1.165, 1.54) is 0 Å². The highest BCUT2D eigenvalue weighted by atomic mass is 35.5. The molecule has 0 unspecified atom stereocenters. The monoisotopic (exact) mass is 273 g/mol. The molecule has 0 amide bonds. The van der Waals surface area contributed by atoms with Crippen LogP contribution in [0.3, 0.4) is 0 Å². The Morgan fingerprint density at radius 1 is 1.35 bits per heavy atom. The van der Waals surface area contributed by atoms with Crippen molar-refractivity contribution in [3.8, 4) is 0 Å². The van der Waals surface area contributed by atoms with E-state index in [0.29, 0.717) is 28.2 Å². The van der Waals surface area contributed by atoms with Gasteiger partial charge < -0.3 is 0 Å². The fourth-order valence-corrected chi connectivity index (χ4v) is 2.04. The molecule has 2 nitrogen and oxygen atoms in total. The van der Waals surface area contributed by atoms with Crippen LogP contribution in [0.5, 0.6) is 0 Å². The van der Waals surface area contributed by atoms with Crippen LogP contribution in [-0.2, 0) is 0 Å². The lowest BCUT2D eigenvalue weighted by molar-refractivity contribution is 0.0911. The van der Waals surface area contributed by atoms with Gasteiger partial charge in [-0.15, -0.1) is 0 Å². The molecule has 4 heteroatoms. The van der Waals surface area contributed by atoms with Crippen molar-refractivity contribution < 1.29 is 4.79 Å². The van der Waals surface area contributed by atoms with Crippen molar-refractivity contribution in [2.75, 3.05) is 13.1 Å². The number of likely N-dealkylation sites (N-methyl/N-ethyl adjacent to an activating group) is 1. The van der Waals surface area contributed by atoms with Crippen molar-refractivity contribution in [3.05, 3.63) is 33.8 Å². The van der Waals surface area contributed by atoms with Crippen LogP contribution in [0.1, 0.15) is 31.1 Å². The zero-order valence-corrected chi connectivity index (χ0v) is 11.8. The molecule has 1 rings (SSSR count). The molecular formula is C13H17Cl2NO. The number of nitrogens with zero attached hydrogens (tertiary/aromatic N) is 1. The number of carbonyl (C=O) groups excluding carboxylic acids is 1. The molecule has 0 fully saturated rings. The third-order valence-electron chi connectivity index (χ3n) is 2.71. The second-order valence-electron chi connectivity index (χ2n) is 4.20. The maximum absolute atomic E-state index is 12.1. The van der Waals surface area contributed by atoms with Crippen LogP contribution in [0.15, 0.2) is 18.2 Å². The normalized spacial score (nSPS) is 11.2. The molecule has 0 atom stereocenters. The van der Waals surface area contributed by atoms with Crippen LogP contribution in [0.4, 0.5) is 0 Å². The third-order valence-corrected chi connectivity index (χ3v) is 3.28. The van der Waals surface area contributed by atoms with Crippen molar-refractivity contribution >= 4 is 29.0 Å². The van der Waals surface area contributed by atoms with E-state index in [4.69, 9.17) is 23.2 Å². The molecule has 0 bridgehead atoms. The van der Waals surface area contributed by atoms with Crippen LogP contribution < -0.4 is 0 Å². The summed E-state index contributed by atoms with van der Waals surface area (Å²) in [6.07, 6.45) is 0. The molecule has 0 aromatic heterocycles. The summed E-state index contributed by atoms with van der Waals surface area (Å²) in [7, 11) is 0. The minimum absolute atomic E-state index is 0.00745. The summed E-state index contributed by atoms with van der Waals surface area (Å²) in [5.41, 5.74) is 0.498. The number of ketones is 1. The zero-order chi connectivity index (χ0) is 13.0. The quantitative estimate of drug-likeness (QED) is 0.759. The Hall–Kier alpha value is -0.570. The summed E-state index contributed by atoms with van der Waals surface area (Å²) in [5.74, 6) is 0.00745. The first-order chi connectivity index (χ1) is 7.95. The molecule has 0 spiro atoms. The van der Waals surface area contributed by atoms with Crippen LogP contribution in [-0.4, -0.2) is 29.8 Å². The molecule has 0 radical (unpaired) electrons. The van der Waals surface area contributed by atoms with Gasteiger partial charge in [0.2, 0.25) is 0 Å². The van der Waals surface area contributed by atoms with Gasteiger partial charge in [0.1, 0.15) is 0 Å². The second-order valence-corrected chi connectivity index (χ2v) is 5.05. The van der Waals surface area contributed by atoms with Gasteiger partial charge in [-0.2, -0.15) is 0 Å². The fraction of sp³-hybridized carbons (Fsp3) is 0.462. The number of benzene rings is 1. The highest BCUT2D eigenvalue weighted by Gasteiger charge is 2.16. The molecule has 0 aliphatic carbocycles. The Kier molecular flexibility index (Phi) is 5.44. The van der Waals surface area contributed by atoms with E-state index >= 15 is 0 Å². The minimum atomic E-state index is 0.00745. The fourth-order valence-electron chi connectivity index (χ4n) is 1.64. The first-order valence-electron chi connectivity index (χ1n) is 5.68. The maximum atomic E-state index is 12.1. The van der Waals surface area contributed by atoms with Gasteiger partial charge in [0, 0.05) is 16.6 Å². The van der Waals surface area contributed by atoms with Crippen LogP contribution in [0.2, 0.25) is 10.0 Å². The molecule has 1 aromatic rings. The summed E-state index contributed by atoms with van der Waals surface area (Å²) < 4.78 is 0. The Labute approximate surface area is 113 Å². The predicted molar refractivity (Wildman–Crippen MR) is 73.2 cm³/mol. The van der Waals surface area contributed by atoms with Crippen molar-refractivity contribution in [1.82, 2.24) is 4.90 Å². The predicted octanol–water partition coefficient (Wildman–Crippen LogP) is 3.91. The van der Waals surface area contributed by atoms with Crippen LogP contribution >= 0.6 is 23.2 Å².